The van der Waals surface area contributed by atoms with Gasteiger partial charge in [0.2, 0.25) is 0 Å². The number of nitrogens with one attached hydrogen (secondary N) is 1. The van der Waals surface area contributed by atoms with E-state index in [1.54, 1.807) is 25.3 Å². The van der Waals surface area contributed by atoms with Gasteiger partial charge < -0.3 is 19.5 Å². The maximum absolute atomic E-state index is 7.64. The fourth-order valence-electron chi connectivity index (χ4n) is 2.16. The van der Waals surface area contributed by atoms with Crippen molar-refractivity contribution in [3.05, 3.63) is 35.7 Å². The fourth-order valence-corrected chi connectivity index (χ4v) is 2.16. The molecular formula is C15H15N3O2. The van der Waals surface area contributed by atoms with Crippen LogP contribution in [-0.2, 0) is 0 Å². The van der Waals surface area contributed by atoms with Gasteiger partial charge in [0, 0.05) is 32.3 Å². The summed E-state index contributed by atoms with van der Waals surface area (Å²) in [6.45, 7) is 0. The Kier molecular flexibility index (Phi) is 2.82. The van der Waals surface area contributed by atoms with E-state index in [0.29, 0.717) is 16.7 Å². The summed E-state index contributed by atoms with van der Waals surface area (Å²) in [6.07, 6.45) is 0. The van der Waals surface area contributed by atoms with Crippen molar-refractivity contribution in [2.75, 3.05) is 26.1 Å². The third kappa shape index (κ3) is 1.97. The molecule has 5 nitrogen and oxygen atoms in total. The highest BCUT2D eigenvalue weighted by molar-refractivity contribution is 5.83. The molecule has 0 amide bonds. The van der Waals surface area contributed by atoms with Crippen LogP contribution in [0.1, 0.15) is 0 Å². The molecular weight excluding hydrogens is 254 g/mol. The number of rotatable bonds is 2. The summed E-state index contributed by atoms with van der Waals surface area (Å²) < 4.78 is 11.2. The number of aromatic nitrogens is 1. The molecule has 1 aromatic carbocycles. The molecule has 0 saturated heterocycles. The Labute approximate surface area is 116 Å². The SMILES string of the molecule is COc1cc2nc3ccc(=N)cc-3oc2cc1N(C)C. The second kappa shape index (κ2) is 4.52. The summed E-state index contributed by atoms with van der Waals surface area (Å²) in [5.74, 6) is 1.36. The lowest BCUT2D eigenvalue weighted by atomic mass is 10.2. The van der Waals surface area contributed by atoms with Crippen LogP contribution in [-0.4, -0.2) is 26.2 Å². The highest BCUT2D eigenvalue weighted by atomic mass is 16.5. The van der Waals surface area contributed by atoms with E-state index >= 15 is 0 Å². The van der Waals surface area contributed by atoms with Crippen molar-refractivity contribution in [1.29, 1.82) is 5.41 Å². The number of ether oxygens (including phenoxy) is 1. The van der Waals surface area contributed by atoms with Crippen LogP contribution in [0.4, 0.5) is 5.69 Å². The van der Waals surface area contributed by atoms with Crippen LogP contribution in [0.5, 0.6) is 5.75 Å². The Balaban J connectivity index is 2.35. The van der Waals surface area contributed by atoms with Crippen LogP contribution in [0.25, 0.3) is 22.6 Å². The zero-order chi connectivity index (χ0) is 14.3. The van der Waals surface area contributed by atoms with Crippen LogP contribution < -0.4 is 15.0 Å². The highest BCUT2D eigenvalue weighted by Crippen LogP contribution is 2.33. The summed E-state index contributed by atoms with van der Waals surface area (Å²) in [5.41, 5.74) is 3.06. The van der Waals surface area contributed by atoms with E-state index in [0.717, 1.165) is 22.6 Å². The molecule has 5 heteroatoms. The van der Waals surface area contributed by atoms with Crippen molar-refractivity contribution in [3.63, 3.8) is 0 Å². The van der Waals surface area contributed by atoms with Crippen LogP contribution in [0.2, 0.25) is 0 Å². The minimum absolute atomic E-state index is 0.406. The summed E-state index contributed by atoms with van der Waals surface area (Å²) in [6, 6.07) is 8.91. The molecule has 1 aromatic rings. The number of methoxy groups -OCH3 is 1. The van der Waals surface area contributed by atoms with E-state index in [9.17, 15) is 0 Å². The van der Waals surface area contributed by atoms with E-state index in [1.807, 2.05) is 31.1 Å². The molecule has 20 heavy (non-hydrogen) atoms. The van der Waals surface area contributed by atoms with E-state index in [4.69, 9.17) is 14.6 Å². The normalized spacial score (nSPS) is 10.9. The second-order valence-electron chi connectivity index (χ2n) is 4.78. The summed E-state index contributed by atoms with van der Waals surface area (Å²) in [7, 11) is 5.53. The van der Waals surface area contributed by atoms with E-state index in [2.05, 4.69) is 4.98 Å². The van der Waals surface area contributed by atoms with E-state index in [1.165, 1.54) is 0 Å². The fraction of sp³-hybridized carbons (Fsp3) is 0.200. The van der Waals surface area contributed by atoms with Crippen molar-refractivity contribution in [2.45, 2.75) is 0 Å². The van der Waals surface area contributed by atoms with Gasteiger partial charge >= 0.3 is 0 Å². The molecule has 0 bridgehead atoms. The molecule has 0 saturated carbocycles. The third-order valence-electron chi connectivity index (χ3n) is 3.16. The van der Waals surface area contributed by atoms with Crippen molar-refractivity contribution in [3.8, 4) is 17.2 Å². The molecule has 0 aromatic heterocycles. The largest absolute Gasteiger partial charge is 0.494 e. The minimum Gasteiger partial charge on any atom is -0.494 e. The highest BCUT2D eigenvalue weighted by Gasteiger charge is 2.13. The summed E-state index contributed by atoms with van der Waals surface area (Å²) >= 11 is 0. The molecule has 3 rings (SSSR count). The Morgan fingerprint density at radius 2 is 2.00 bits per heavy atom. The predicted molar refractivity (Wildman–Crippen MR) is 77.4 cm³/mol. The lowest BCUT2D eigenvalue weighted by Gasteiger charge is -2.17. The second-order valence-corrected chi connectivity index (χ2v) is 4.78. The van der Waals surface area contributed by atoms with Crippen LogP contribution >= 0.6 is 0 Å². The molecule has 0 unspecified atom stereocenters. The maximum atomic E-state index is 7.64. The van der Waals surface area contributed by atoms with Gasteiger partial charge in [-0.25, -0.2) is 4.98 Å². The molecule has 0 spiro atoms. The topological polar surface area (TPSA) is 62.4 Å². The number of hydrogen-bond acceptors (Lipinski definition) is 5. The van der Waals surface area contributed by atoms with Gasteiger partial charge in [-0.2, -0.15) is 0 Å². The van der Waals surface area contributed by atoms with Crippen molar-refractivity contribution in [1.82, 2.24) is 4.98 Å². The molecule has 0 fully saturated rings. The van der Waals surface area contributed by atoms with Gasteiger partial charge in [0.25, 0.3) is 0 Å². The number of hydrogen-bond donors (Lipinski definition) is 1. The Morgan fingerprint density at radius 1 is 1.20 bits per heavy atom. The standard InChI is InChI=1S/C15H15N3O2/c1-18(2)12-8-14-11(7-15(12)19-3)17-10-5-4-9(16)6-13(10)20-14/h4-8,16H,1-3H3. The van der Waals surface area contributed by atoms with Crippen molar-refractivity contribution in [2.24, 2.45) is 0 Å². The molecule has 2 aliphatic rings. The summed E-state index contributed by atoms with van der Waals surface area (Å²) in [4.78, 5) is 6.51. The number of fused-ring (bicyclic) bond motifs is 2. The first kappa shape index (κ1) is 12.5. The predicted octanol–water partition coefficient (Wildman–Crippen LogP) is 2.49. The minimum atomic E-state index is 0.406. The number of nitrogens with zero attached hydrogens (tertiary/aromatic N) is 2. The molecule has 0 atom stereocenters. The Hall–Kier alpha value is -2.56. The smallest absolute Gasteiger partial charge is 0.155 e. The first-order chi connectivity index (χ1) is 9.58. The zero-order valence-corrected chi connectivity index (χ0v) is 11.6. The van der Waals surface area contributed by atoms with Crippen LogP contribution in [0.3, 0.4) is 0 Å². The van der Waals surface area contributed by atoms with Gasteiger partial charge in [-0.3, -0.25) is 0 Å². The van der Waals surface area contributed by atoms with Gasteiger partial charge in [-0.1, -0.05) is 0 Å². The van der Waals surface area contributed by atoms with Crippen LogP contribution in [0, 0.1) is 5.41 Å². The van der Waals surface area contributed by atoms with Gasteiger partial charge in [0.1, 0.15) is 17.0 Å². The number of benzene rings is 2. The quantitative estimate of drug-likeness (QED) is 0.726. The molecule has 1 aliphatic carbocycles. The van der Waals surface area contributed by atoms with E-state index < -0.39 is 0 Å². The average molecular weight is 269 g/mol. The summed E-state index contributed by atoms with van der Waals surface area (Å²) in [5, 5.41) is 8.05. The Bertz CT molecular complexity index is 808. The van der Waals surface area contributed by atoms with Gasteiger partial charge in [0.05, 0.1) is 18.2 Å². The molecule has 102 valence electrons. The van der Waals surface area contributed by atoms with Gasteiger partial charge in [0.15, 0.2) is 11.3 Å². The third-order valence-corrected chi connectivity index (χ3v) is 3.16. The first-order valence-corrected chi connectivity index (χ1v) is 6.23. The van der Waals surface area contributed by atoms with Crippen molar-refractivity contribution < 1.29 is 9.15 Å². The van der Waals surface area contributed by atoms with Gasteiger partial charge in [-0.15, -0.1) is 0 Å². The van der Waals surface area contributed by atoms with Crippen LogP contribution in [0.15, 0.2) is 34.7 Å². The Morgan fingerprint density at radius 3 is 2.70 bits per heavy atom. The molecule has 1 aliphatic heterocycles. The number of anilines is 1. The zero-order valence-electron chi connectivity index (χ0n) is 11.6. The monoisotopic (exact) mass is 269 g/mol. The first-order valence-electron chi connectivity index (χ1n) is 6.23. The maximum Gasteiger partial charge on any atom is 0.155 e. The lowest BCUT2D eigenvalue weighted by Crippen LogP contribution is -2.10. The molecule has 1 N–H and O–H groups in total. The van der Waals surface area contributed by atoms with Gasteiger partial charge in [-0.05, 0) is 12.1 Å². The van der Waals surface area contributed by atoms with Crippen molar-refractivity contribution >= 4 is 16.8 Å². The van der Waals surface area contributed by atoms with E-state index in [-0.39, 0.29) is 0 Å². The average Bonchev–Trinajstić information content (AvgIpc) is 2.43. The lowest BCUT2D eigenvalue weighted by molar-refractivity contribution is 0.415. The molecule has 0 radical (unpaired) electrons. The molecule has 1 heterocycles.